The van der Waals surface area contributed by atoms with E-state index in [9.17, 15) is 4.79 Å². The largest absolute Gasteiger partial charge is 0.383 e. The number of aromatic amines is 1. The van der Waals surface area contributed by atoms with E-state index >= 15 is 0 Å². The lowest BCUT2D eigenvalue weighted by Gasteiger charge is -2.04. The van der Waals surface area contributed by atoms with Crippen LogP contribution >= 0.6 is 0 Å². The van der Waals surface area contributed by atoms with Crippen LogP contribution in [0.5, 0.6) is 0 Å². The van der Waals surface area contributed by atoms with Crippen molar-refractivity contribution in [2.24, 2.45) is 0 Å². The molecule has 0 spiro atoms. The van der Waals surface area contributed by atoms with E-state index in [1.54, 1.807) is 17.9 Å². The molecular formula is C16H19N5O2. The van der Waals surface area contributed by atoms with Gasteiger partial charge in [-0.3, -0.25) is 20.3 Å². The van der Waals surface area contributed by atoms with Crippen LogP contribution in [0.2, 0.25) is 0 Å². The number of amides is 1. The van der Waals surface area contributed by atoms with Gasteiger partial charge in [0.2, 0.25) is 0 Å². The van der Waals surface area contributed by atoms with Crippen molar-refractivity contribution in [3.05, 3.63) is 47.8 Å². The summed E-state index contributed by atoms with van der Waals surface area (Å²) in [6.07, 6.45) is 1.82. The molecule has 2 aromatic heterocycles. The van der Waals surface area contributed by atoms with Crippen molar-refractivity contribution in [2.75, 3.05) is 19.1 Å². The molecule has 3 aromatic rings. The van der Waals surface area contributed by atoms with Gasteiger partial charge < -0.3 is 9.72 Å². The highest BCUT2D eigenvalue weighted by Gasteiger charge is 2.10. The lowest BCUT2D eigenvalue weighted by atomic mass is 10.1. The number of nitrogens with one attached hydrogen (secondary N) is 3. The first kappa shape index (κ1) is 15.1. The number of carbonyl (C=O) groups is 1. The molecule has 0 atom stereocenters. The van der Waals surface area contributed by atoms with E-state index in [2.05, 4.69) is 20.9 Å². The summed E-state index contributed by atoms with van der Waals surface area (Å²) in [5.74, 6) is 0.328. The van der Waals surface area contributed by atoms with Crippen LogP contribution in [0.15, 0.2) is 36.5 Å². The number of fused-ring (bicyclic) bond motifs is 1. The Morgan fingerprint density at radius 3 is 3.04 bits per heavy atom. The van der Waals surface area contributed by atoms with Gasteiger partial charge in [0.25, 0.3) is 5.91 Å². The predicted molar refractivity (Wildman–Crippen MR) is 88.2 cm³/mol. The summed E-state index contributed by atoms with van der Waals surface area (Å²) < 4.78 is 6.73. The van der Waals surface area contributed by atoms with Crippen LogP contribution in [-0.2, 0) is 11.3 Å². The highest BCUT2D eigenvalue weighted by atomic mass is 16.5. The van der Waals surface area contributed by atoms with Gasteiger partial charge in [-0.15, -0.1) is 0 Å². The number of rotatable bonds is 6. The summed E-state index contributed by atoms with van der Waals surface area (Å²) in [4.78, 5) is 15.3. The fourth-order valence-electron chi connectivity index (χ4n) is 2.35. The Morgan fingerprint density at radius 1 is 1.39 bits per heavy atom. The number of hydrazine groups is 1. The van der Waals surface area contributed by atoms with Crippen LogP contribution in [0.4, 0.5) is 5.82 Å². The molecule has 0 aliphatic heterocycles. The van der Waals surface area contributed by atoms with Crippen molar-refractivity contribution in [1.82, 2.24) is 20.2 Å². The van der Waals surface area contributed by atoms with E-state index in [4.69, 9.17) is 4.74 Å². The Morgan fingerprint density at radius 2 is 2.26 bits per heavy atom. The van der Waals surface area contributed by atoms with Gasteiger partial charge in [0, 0.05) is 30.3 Å². The zero-order valence-corrected chi connectivity index (χ0v) is 13.1. The standard InChI is InChI=1S/C16H19N5O2/c1-11-4-3-5-13-12(11)10-14(17-13)16(22)19-18-15-6-7-21(20-15)8-9-23-2/h3-7,10,17H,8-9H2,1-2H3,(H,18,20)(H,19,22). The first-order valence-corrected chi connectivity index (χ1v) is 7.34. The van der Waals surface area contributed by atoms with Crippen LogP contribution in [0.1, 0.15) is 16.1 Å². The van der Waals surface area contributed by atoms with Gasteiger partial charge in [0.1, 0.15) is 5.69 Å². The molecule has 3 N–H and O–H groups in total. The molecule has 0 saturated heterocycles. The van der Waals surface area contributed by atoms with Crippen molar-refractivity contribution in [3.8, 4) is 0 Å². The number of benzene rings is 1. The number of ether oxygens (including phenoxy) is 1. The Bertz CT molecular complexity index is 821. The normalized spacial score (nSPS) is 10.9. The quantitative estimate of drug-likeness (QED) is 0.608. The second kappa shape index (κ2) is 6.53. The number of aryl methyl sites for hydroxylation is 1. The number of hydrogen-bond acceptors (Lipinski definition) is 4. The van der Waals surface area contributed by atoms with Crippen LogP contribution in [-0.4, -0.2) is 34.4 Å². The van der Waals surface area contributed by atoms with Gasteiger partial charge in [0.15, 0.2) is 5.82 Å². The van der Waals surface area contributed by atoms with Crippen molar-refractivity contribution in [1.29, 1.82) is 0 Å². The molecular weight excluding hydrogens is 294 g/mol. The second-order valence-corrected chi connectivity index (χ2v) is 5.26. The summed E-state index contributed by atoms with van der Waals surface area (Å²) in [6, 6.07) is 9.55. The van der Waals surface area contributed by atoms with Crippen LogP contribution in [0.25, 0.3) is 10.9 Å². The molecule has 0 unspecified atom stereocenters. The monoisotopic (exact) mass is 313 g/mol. The van der Waals surface area contributed by atoms with Gasteiger partial charge >= 0.3 is 0 Å². The van der Waals surface area contributed by atoms with Gasteiger partial charge in [-0.25, -0.2) is 0 Å². The number of methoxy groups -OCH3 is 1. The summed E-state index contributed by atoms with van der Waals surface area (Å²) in [5, 5.41) is 5.31. The van der Waals surface area contributed by atoms with Crippen molar-refractivity contribution >= 4 is 22.6 Å². The Hall–Kier alpha value is -2.80. The van der Waals surface area contributed by atoms with E-state index in [1.807, 2.05) is 37.4 Å². The van der Waals surface area contributed by atoms with E-state index in [0.29, 0.717) is 24.7 Å². The SMILES string of the molecule is COCCn1ccc(NNC(=O)c2cc3c(C)cccc3[nH]2)n1. The number of carbonyl (C=O) groups excluding carboxylic acids is 1. The summed E-state index contributed by atoms with van der Waals surface area (Å²) in [5.41, 5.74) is 8.02. The van der Waals surface area contributed by atoms with Crippen LogP contribution in [0, 0.1) is 6.92 Å². The van der Waals surface area contributed by atoms with Gasteiger partial charge in [0.05, 0.1) is 13.2 Å². The average Bonchev–Trinajstić information content (AvgIpc) is 3.18. The summed E-state index contributed by atoms with van der Waals surface area (Å²) >= 11 is 0. The molecule has 1 amide bonds. The summed E-state index contributed by atoms with van der Waals surface area (Å²) in [6.45, 7) is 3.26. The van der Waals surface area contributed by atoms with Crippen molar-refractivity contribution in [2.45, 2.75) is 13.5 Å². The summed E-state index contributed by atoms with van der Waals surface area (Å²) in [7, 11) is 1.64. The predicted octanol–water partition coefficient (Wildman–Crippen LogP) is 2.08. The highest BCUT2D eigenvalue weighted by Crippen LogP contribution is 2.19. The maximum Gasteiger partial charge on any atom is 0.286 e. The number of H-pyrrole nitrogens is 1. The first-order chi connectivity index (χ1) is 11.2. The smallest absolute Gasteiger partial charge is 0.286 e. The molecule has 1 aromatic carbocycles. The molecule has 120 valence electrons. The topological polar surface area (TPSA) is 84.0 Å². The molecule has 3 rings (SSSR count). The number of hydrogen-bond donors (Lipinski definition) is 3. The lowest BCUT2D eigenvalue weighted by molar-refractivity contribution is 0.0958. The minimum Gasteiger partial charge on any atom is -0.383 e. The number of anilines is 1. The van der Waals surface area contributed by atoms with E-state index < -0.39 is 0 Å². The molecule has 7 nitrogen and oxygen atoms in total. The minimum absolute atomic E-state index is 0.243. The molecule has 2 heterocycles. The Balaban J connectivity index is 1.64. The second-order valence-electron chi connectivity index (χ2n) is 5.26. The Labute approximate surface area is 133 Å². The molecule has 23 heavy (non-hydrogen) atoms. The molecule has 0 bridgehead atoms. The van der Waals surface area contributed by atoms with Gasteiger partial charge in [-0.2, -0.15) is 5.10 Å². The van der Waals surface area contributed by atoms with Gasteiger partial charge in [-0.1, -0.05) is 12.1 Å². The number of nitrogens with zero attached hydrogens (tertiary/aromatic N) is 2. The molecule has 0 fully saturated rings. The van der Waals surface area contributed by atoms with E-state index in [0.717, 1.165) is 16.5 Å². The van der Waals surface area contributed by atoms with Gasteiger partial charge in [-0.05, 0) is 24.6 Å². The van der Waals surface area contributed by atoms with Crippen molar-refractivity contribution in [3.63, 3.8) is 0 Å². The highest BCUT2D eigenvalue weighted by molar-refractivity contribution is 5.99. The molecule has 0 radical (unpaired) electrons. The third-order valence-electron chi connectivity index (χ3n) is 3.60. The molecule has 0 aliphatic carbocycles. The zero-order valence-electron chi connectivity index (χ0n) is 13.1. The minimum atomic E-state index is -0.243. The maximum absolute atomic E-state index is 12.2. The van der Waals surface area contributed by atoms with Crippen LogP contribution in [0.3, 0.4) is 0 Å². The maximum atomic E-state index is 12.2. The molecule has 7 heteroatoms. The van der Waals surface area contributed by atoms with E-state index in [1.165, 1.54) is 0 Å². The Kier molecular flexibility index (Phi) is 4.29. The molecule has 0 saturated carbocycles. The average molecular weight is 313 g/mol. The fraction of sp³-hybridized carbons (Fsp3) is 0.250. The van der Waals surface area contributed by atoms with Crippen LogP contribution < -0.4 is 10.9 Å². The third kappa shape index (κ3) is 3.35. The van der Waals surface area contributed by atoms with Crippen molar-refractivity contribution < 1.29 is 9.53 Å². The lowest BCUT2D eigenvalue weighted by Crippen LogP contribution is -2.29. The zero-order chi connectivity index (χ0) is 16.2. The number of aromatic nitrogens is 3. The first-order valence-electron chi connectivity index (χ1n) is 7.34. The molecule has 0 aliphatic rings. The fourth-order valence-corrected chi connectivity index (χ4v) is 2.35. The third-order valence-corrected chi connectivity index (χ3v) is 3.60. The van der Waals surface area contributed by atoms with E-state index in [-0.39, 0.29) is 5.91 Å².